The first-order valence-corrected chi connectivity index (χ1v) is 11.7. The van der Waals surface area contributed by atoms with Crippen LogP contribution in [0.2, 0.25) is 0 Å². The zero-order chi connectivity index (χ0) is 22.9. The van der Waals surface area contributed by atoms with Crippen molar-refractivity contribution in [3.63, 3.8) is 0 Å². The van der Waals surface area contributed by atoms with E-state index in [9.17, 15) is 9.59 Å². The second-order valence-corrected chi connectivity index (χ2v) is 8.43. The average Bonchev–Trinajstić information content (AvgIpc) is 3.39. The monoisotopic (exact) mass is 451 g/mol. The maximum Gasteiger partial charge on any atom is 0.319 e. The Balaban J connectivity index is 1.38. The zero-order valence-electron chi connectivity index (χ0n) is 19.0. The van der Waals surface area contributed by atoms with Crippen LogP contribution >= 0.6 is 0 Å². The van der Waals surface area contributed by atoms with Gasteiger partial charge in [-0.2, -0.15) is 0 Å². The Bertz CT molecular complexity index is 925. The SMILES string of the molecule is O=C(NCc1ccccc1)Nc1ccc(N2CCCC2)c(C(=O)NCCN2CCOCC2)c1. The van der Waals surface area contributed by atoms with Crippen LogP contribution < -0.4 is 20.9 Å². The van der Waals surface area contributed by atoms with Crippen molar-refractivity contribution in [2.45, 2.75) is 19.4 Å². The molecule has 0 radical (unpaired) electrons. The highest BCUT2D eigenvalue weighted by Gasteiger charge is 2.21. The number of ether oxygens (including phenoxy) is 1. The van der Waals surface area contributed by atoms with Gasteiger partial charge in [-0.25, -0.2) is 4.79 Å². The smallest absolute Gasteiger partial charge is 0.319 e. The van der Waals surface area contributed by atoms with Crippen molar-refractivity contribution >= 4 is 23.3 Å². The van der Waals surface area contributed by atoms with Crippen LogP contribution in [0.15, 0.2) is 48.5 Å². The largest absolute Gasteiger partial charge is 0.379 e. The van der Waals surface area contributed by atoms with E-state index in [4.69, 9.17) is 4.74 Å². The van der Waals surface area contributed by atoms with Crippen molar-refractivity contribution in [1.82, 2.24) is 15.5 Å². The lowest BCUT2D eigenvalue weighted by Gasteiger charge is -2.26. The number of carbonyl (C=O) groups excluding carboxylic acids is 2. The van der Waals surface area contributed by atoms with E-state index in [2.05, 4.69) is 25.8 Å². The summed E-state index contributed by atoms with van der Waals surface area (Å²) in [6, 6.07) is 15.0. The number of carbonyl (C=O) groups is 2. The molecule has 0 spiro atoms. The van der Waals surface area contributed by atoms with E-state index in [0.717, 1.165) is 70.0 Å². The van der Waals surface area contributed by atoms with Crippen LogP contribution in [0.5, 0.6) is 0 Å². The Kier molecular flexibility index (Phi) is 8.16. The minimum Gasteiger partial charge on any atom is -0.379 e. The molecule has 3 N–H and O–H groups in total. The molecule has 2 heterocycles. The molecule has 0 atom stereocenters. The van der Waals surface area contributed by atoms with Crippen LogP contribution in [0.1, 0.15) is 28.8 Å². The number of hydrogen-bond acceptors (Lipinski definition) is 5. The summed E-state index contributed by atoms with van der Waals surface area (Å²) in [5.41, 5.74) is 3.14. The minimum absolute atomic E-state index is 0.112. The van der Waals surface area contributed by atoms with E-state index in [1.807, 2.05) is 42.5 Å². The number of amides is 3. The molecule has 2 aromatic carbocycles. The molecule has 176 valence electrons. The molecule has 0 aliphatic carbocycles. The van der Waals surface area contributed by atoms with E-state index in [1.165, 1.54) is 0 Å². The molecule has 2 aliphatic heterocycles. The molecule has 0 saturated carbocycles. The van der Waals surface area contributed by atoms with Gasteiger partial charge in [0.05, 0.1) is 18.8 Å². The average molecular weight is 452 g/mol. The molecule has 3 amide bonds. The Morgan fingerprint density at radius 2 is 1.67 bits per heavy atom. The van der Waals surface area contributed by atoms with E-state index in [-0.39, 0.29) is 11.9 Å². The van der Waals surface area contributed by atoms with Crippen LogP contribution in [-0.2, 0) is 11.3 Å². The highest BCUT2D eigenvalue weighted by atomic mass is 16.5. The molecule has 0 aromatic heterocycles. The van der Waals surface area contributed by atoms with Gasteiger partial charge in [0.2, 0.25) is 0 Å². The lowest BCUT2D eigenvalue weighted by molar-refractivity contribution is 0.0383. The standard InChI is InChI=1S/C25H33N5O3/c31-24(26-10-13-29-14-16-33-17-15-29)22-18-21(8-9-23(22)30-11-4-5-12-30)28-25(32)27-19-20-6-2-1-3-7-20/h1-3,6-9,18H,4-5,10-17,19H2,(H,26,31)(H2,27,28,32). The second-order valence-electron chi connectivity index (χ2n) is 8.43. The molecule has 2 fully saturated rings. The molecule has 2 aliphatic rings. The summed E-state index contributed by atoms with van der Waals surface area (Å²) in [7, 11) is 0. The van der Waals surface area contributed by atoms with E-state index < -0.39 is 0 Å². The molecule has 2 saturated heterocycles. The summed E-state index contributed by atoms with van der Waals surface area (Å²) in [5, 5.41) is 8.78. The maximum absolute atomic E-state index is 13.1. The van der Waals surface area contributed by atoms with Gasteiger partial charge in [-0.05, 0) is 36.6 Å². The van der Waals surface area contributed by atoms with Crippen molar-refractivity contribution in [1.29, 1.82) is 0 Å². The highest BCUT2D eigenvalue weighted by molar-refractivity contribution is 6.02. The van der Waals surface area contributed by atoms with Crippen molar-refractivity contribution in [3.8, 4) is 0 Å². The molecule has 8 heteroatoms. The Labute approximate surface area is 195 Å². The van der Waals surface area contributed by atoms with Crippen LogP contribution in [0.25, 0.3) is 0 Å². The number of morpholine rings is 1. The van der Waals surface area contributed by atoms with Crippen LogP contribution in [0, 0.1) is 0 Å². The van der Waals surface area contributed by atoms with Gasteiger partial charge in [0.15, 0.2) is 0 Å². The number of hydrogen-bond donors (Lipinski definition) is 3. The first-order chi connectivity index (χ1) is 16.2. The fraction of sp³-hybridized carbons (Fsp3) is 0.440. The van der Waals surface area contributed by atoms with Gasteiger partial charge < -0.3 is 25.6 Å². The molecule has 33 heavy (non-hydrogen) atoms. The highest BCUT2D eigenvalue weighted by Crippen LogP contribution is 2.27. The molecular formula is C25H33N5O3. The third-order valence-electron chi connectivity index (χ3n) is 6.06. The number of benzene rings is 2. The molecule has 8 nitrogen and oxygen atoms in total. The zero-order valence-corrected chi connectivity index (χ0v) is 19.0. The molecule has 4 rings (SSSR count). The van der Waals surface area contributed by atoms with Gasteiger partial charge in [-0.3, -0.25) is 9.69 Å². The van der Waals surface area contributed by atoms with Crippen LogP contribution in [0.3, 0.4) is 0 Å². The van der Waals surface area contributed by atoms with Crippen molar-refractivity contribution in [2.75, 3.05) is 62.7 Å². The number of rotatable bonds is 8. The third kappa shape index (κ3) is 6.69. The van der Waals surface area contributed by atoms with Gasteiger partial charge in [0.1, 0.15) is 0 Å². The fourth-order valence-corrected chi connectivity index (χ4v) is 4.23. The van der Waals surface area contributed by atoms with E-state index >= 15 is 0 Å². The predicted octanol–water partition coefficient (Wildman–Crippen LogP) is 2.67. The molecule has 2 aromatic rings. The summed E-state index contributed by atoms with van der Waals surface area (Å²) in [4.78, 5) is 30.0. The lowest BCUT2D eigenvalue weighted by atomic mass is 10.1. The number of anilines is 2. The first kappa shape index (κ1) is 23.1. The van der Waals surface area contributed by atoms with Crippen molar-refractivity contribution < 1.29 is 14.3 Å². The second kappa shape index (κ2) is 11.7. The number of urea groups is 1. The van der Waals surface area contributed by atoms with Gasteiger partial charge in [0.25, 0.3) is 5.91 Å². The van der Waals surface area contributed by atoms with Crippen molar-refractivity contribution in [2.24, 2.45) is 0 Å². The Morgan fingerprint density at radius 1 is 0.909 bits per heavy atom. The third-order valence-corrected chi connectivity index (χ3v) is 6.06. The lowest BCUT2D eigenvalue weighted by Crippen LogP contribution is -2.41. The van der Waals surface area contributed by atoms with Crippen LogP contribution in [-0.4, -0.2) is 69.3 Å². The van der Waals surface area contributed by atoms with Gasteiger partial charge in [-0.15, -0.1) is 0 Å². The predicted molar refractivity (Wildman–Crippen MR) is 130 cm³/mol. The Morgan fingerprint density at radius 3 is 2.42 bits per heavy atom. The summed E-state index contributed by atoms with van der Waals surface area (Å²) in [6.45, 7) is 6.98. The number of nitrogens with one attached hydrogen (secondary N) is 3. The summed E-state index contributed by atoms with van der Waals surface area (Å²) in [6.07, 6.45) is 2.25. The quantitative estimate of drug-likeness (QED) is 0.575. The molecule has 0 bridgehead atoms. The van der Waals surface area contributed by atoms with Gasteiger partial charge in [0, 0.05) is 57.2 Å². The topological polar surface area (TPSA) is 85.9 Å². The fourth-order valence-electron chi connectivity index (χ4n) is 4.23. The van der Waals surface area contributed by atoms with Gasteiger partial charge >= 0.3 is 6.03 Å². The van der Waals surface area contributed by atoms with Gasteiger partial charge in [-0.1, -0.05) is 30.3 Å². The summed E-state index contributed by atoms with van der Waals surface area (Å²) in [5.74, 6) is -0.112. The number of nitrogens with zero attached hydrogens (tertiary/aromatic N) is 2. The van der Waals surface area contributed by atoms with Crippen molar-refractivity contribution in [3.05, 3.63) is 59.7 Å². The molecular weight excluding hydrogens is 418 g/mol. The molecule has 0 unspecified atom stereocenters. The van der Waals surface area contributed by atoms with E-state index in [0.29, 0.717) is 24.3 Å². The normalized spacial score (nSPS) is 16.4. The Hall–Kier alpha value is -3.10. The summed E-state index contributed by atoms with van der Waals surface area (Å²) < 4.78 is 5.38. The first-order valence-electron chi connectivity index (χ1n) is 11.7. The van der Waals surface area contributed by atoms with Crippen LogP contribution in [0.4, 0.5) is 16.2 Å². The van der Waals surface area contributed by atoms with E-state index in [1.54, 1.807) is 6.07 Å². The summed E-state index contributed by atoms with van der Waals surface area (Å²) >= 11 is 0. The maximum atomic E-state index is 13.1. The minimum atomic E-state index is -0.300.